The lowest BCUT2D eigenvalue weighted by Crippen LogP contribution is -2.52. The van der Waals surface area contributed by atoms with E-state index >= 15 is 0 Å². The Bertz CT molecular complexity index is 642. The number of furan rings is 1. The highest BCUT2D eigenvalue weighted by Gasteiger charge is 2.29. The van der Waals surface area contributed by atoms with Crippen molar-refractivity contribution in [2.75, 3.05) is 13.6 Å². The first-order valence-corrected chi connectivity index (χ1v) is 8.59. The molecule has 0 aromatic carbocycles. The predicted octanol–water partition coefficient (Wildman–Crippen LogP) is 1.41. The van der Waals surface area contributed by atoms with Crippen molar-refractivity contribution in [2.24, 2.45) is 11.7 Å². The highest BCUT2D eigenvalue weighted by molar-refractivity contribution is 7.89. The molecule has 1 aromatic heterocycles. The lowest BCUT2D eigenvalue weighted by atomic mass is 9.90. The fraction of sp³-hybridized carbons (Fsp3) is 0.643. The second kappa shape index (κ2) is 8.14. The highest BCUT2D eigenvalue weighted by atomic mass is 35.5. The molecule has 9 heteroatoms. The predicted molar refractivity (Wildman–Crippen MR) is 91.3 cm³/mol. The van der Waals surface area contributed by atoms with Gasteiger partial charge in [0.1, 0.15) is 5.76 Å². The average Bonchev–Trinajstić information content (AvgIpc) is 2.80. The molecule has 1 atom stereocenters. The zero-order valence-corrected chi connectivity index (χ0v) is 15.7. The van der Waals surface area contributed by atoms with Crippen LogP contribution in [-0.4, -0.2) is 33.5 Å². The van der Waals surface area contributed by atoms with Gasteiger partial charge < -0.3 is 15.5 Å². The van der Waals surface area contributed by atoms with Crippen LogP contribution in [0.15, 0.2) is 15.6 Å². The van der Waals surface area contributed by atoms with Crippen LogP contribution in [-0.2, 0) is 10.0 Å². The van der Waals surface area contributed by atoms with Crippen molar-refractivity contribution in [3.63, 3.8) is 0 Å². The first-order chi connectivity index (χ1) is 10.0. The number of carbonyl (C=O) groups excluding carboxylic acids is 1. The number of hydrogen-bond acceptors (Lipinski definition) is 5. The van der Waals surface area contributed by atoms with Crippen molar-refractivity contribution >= 4 is 28.3 Å². The van der Waals surface area contributed by atoms with Crippen molar-refractivity contribution in [3.05, 3.63) is 17.4 Å². The van der Waals surface area contributed by atoms with Crippen LogP contribution >= 0.6 is 12.4 Å². The van der Waals surface area contributed by atoms with E-state index in [-0.39, 0.29) is 35.4 Å². The van der Waals surface area contributed by atoms with Crippen LogP contribution in [0, 0.1) is 12.8 Å². The number of sulfonamides is 1. The van der Waals surface area contributed by atoms with Gasteiger partial charge in [0.25, 0.3) is 15.9 Å². The molecule has 1 amide bonds. The normalized spacial score (nSPS) is 14.2. The molecule has 0 spiro atoms. The summed E-state index contributed by atoms with van der Waals surface area (Å²) >= 11 is 0. The van der Waals surface area contributed by atoms with Crippen LogP contribution in [0.3, 0.4) is 0 Å². The van der Waals surface area contributed by atoms with E-state index in [0.29, 0.717) is 12.3 Å². The number of carbonyl (C=O) groups is 1. The maximum atomic E-state index is 12.4. The monoisotopic (exact) mass is 367 g/mol. The summed E-state index contributed by atoms with van der Waals surface area (Å²) < 4.78 is 30.8. The Balaban J connectivity index is 0.00000484. The number of amides is 1. The fourth-order valence-corrected chi connectivity index (χ4v) is 3.05. The lowest BCUT2D eigenvalue weighted by molar-refractivity contribution is 0.0896. The number of nitrogens with two attached hydrogens (primary N) is 1. The Kier molecular flexibility index (Phi) is 7.75. The number of nitrogens with one attached hydrogen (secondary N) is 2. The molecule has 0 aliphatic carbocycles. The summed E-state index contributed by atoms with van der Waals surface area (Å²) in [6.07, 6.45) is 0.716. The van der Waals surface area contributed by atoms with E-state index in [1.807, 2.05) is 20.8 Å². The minimum Gasteiger partial charge on any atom is -0.448 e. The molecular formula is C14H26ClN3O4S. The number of aryl methyl sites for hydroxylation is 1. The van der Waals surface area contributed by atoms with Gasteiger partial charge in [0.2, 0.25) is 5.09 Å². The number of rotatable bonds is 7. The van der Waals surface area contributed by atoms with E-state index in [1.54, 1.807) is 6.92 Å². The minimum atomic E-state index is -3.72. The van der Waals surface area contributed by atoms with Gasteiger partial charge in [0.15, 0.2) is 0 Å². The Morgan fingerprint density at radius 1 is 1.43 bits per heavy atom. The van der Waals surface area contributed by atoms with Gasteiger partial charge in [0.05, 0.1) is 5.56 Å². The van der Waals surface area contributed by atoms with Crippen molar-refractivity contribution in [1.82, 2.24) is 10.0 Å². The first-order valence-electron chi connectivity index (χ1n) is 7.11. The molecule has 1 rings (SSSR count). The third-order valence-electron chi connectivity index (χ3n) is 3.40. The summed E-state index contributed by atoms with van der Waals surface area (Å²) in [7, 11) is -2.44. The van der Waals surface area contributed by atoms with Gasteiger partial charge in [-0.3, -0.25) is 4.79 Å². The maximum absolute atomic E-state index is 12.4. The summed E-state index contributed by atoms with van der Waals surface area (Å²) in [6.45, 7) is 7.79. The summed E-state index contributed by atoms with van der Waals surface area (Å²) in [4.78, 5) is 12.4. The number of hydrogen-bond donors (Lipinski definition) is 3. The standard InChI is InChI=1S/C14H25N3O4S.ClH/c1-9(2)7-14(4,8-15)17-13(18)11-6-12(21-10(11)3)22(19,20)16-5;/h6,9,16H,7-8,15H2,1-5H3,(H,17,18);1H. The fourth-order valence-electron chi connectivity index (χ4n) is 2.34. The van der Waals surface area contributed by atoms with Crippen LogP contribution < -0.4 is 15.8 Å². The molecule has 0 radical (unpaired) electrons. The molecule has 1 aromatic rings. The molecule has 1 heterocycles. The molecule has 23 heavy (non-hydrogen) atoms. The lowest BCUT2D eigenvalue weighted by Gasteiger charge is -2.31. The Labute approximate surface area is 143 Å². The average molecular weight is 368 g/mol. The smallest absolute Gasteiger partial charge is 0.273 e. The van der Waals surface area contributed by atoms with Crippen molar-refractivity contribution in [1.29, 1.82) is 0 Å². The molecule has 1 unspecified atom stereocenters. The Morgan fingerprint density at radius 3 is 2.43 bits per heavy atom. The SMILES string of the molecule is CNS(=O)(=O)c1cc(C(=O)NC(C)(CN)CC(C)C)c(C)o1.Cl. The summed E-state index contributed by atoms with van der Waals surface area (Å²) in [5, 5.41) is 2.59. The molecule has 7 nitrogen and oxygen atoms in total. The largest absolute Gasteiger partial charge is 0.448 e. The van der Waals surface area contributed by atoms with E-state index in [1.165, 1.54) is 13.1 Å². The highest BCUT2D eigenvalue weighted by Crippen LogP contribution is 2.21. The number of halogens is 1. The van der Waals surface area contributed by atoms with Crippen LogP contribution in [0.1, 0.15) is 43.3 Å². The topological polar surface area (TPSA) is 114 Å². The third kappa shape index (κ3) is 5.49. The molecule has 4 N–H and O–H groups in total. The van der Waals surface area contributed by atoms with Crippen molar-refractivity contribution < 1.29 is 17.6 Å². The molecule has 0 saturated carbocycles. The summed E-state index contributed by atoms with van der Waals surface area (Å²) in [5.74, 6) is 0.210. The van der Waals surface area contributed by atoms with E-state index in [2.05, 4.69) is 10.0 Å². The van der Waals surface area contributed by atoms with Gasteiger partial charge in [-0.15, -0.1) is 12.4 Å². The second-order valence-electron chi connectivity index (χ2n) is 6.06. The van der Waals surface area contributed by atoms with Crippen LogP contribution in [0.25, 0.3) is 0 Å². The molecule has 0 fully saturated rings. The quantitative estimate of drug-likeness (QED) is 0.674. The molecule has 0 aliphatic rings. The van der Waals surface area contributed by atoms with Gasteiger partial charge in [-0.25, -0.2) is 13.1 Å². The van der Waals surface area contributed by atoms with Gasteiger partial charge >= 0.3 is 0 Å². The Morgan fingerprint density at radius 2 is 2.00 bits per heavy atom. The Hall–Kier alpha value is -1.09. The third-order valence-corrected chi connectivity index (χ3v) is 4.67. The maximum Gasteiger partial charge on any atom is 0.273 e. The molecule has 134 valence electrons. The zero-order chi connectivity index (χ0) is 17.1. The van der Waals surface area contributed by atoms with Crippen LogP contribution in [0.5, 0.6) is 0 Å². The molecule has 0 bridgehead atoms. The van der Waals surface area contributed by atoms with E-state index in [4.69, 9.17) is 10.2 Å². The zero-order valence-electron chi connectivity index (χ0n) is 14.1. The van der Waals surface area contributed by atoms with E-state index in [0.717, 1.165) is 0 Å². The van der Waals surface area contributed by atoms with Gasteiger partial charge in [-0.1, -0.05) is 13.8 Å². The van der Waals surface area contributed by atoms with E-state index in [9.17, 15) is 13.2 Å². The second-order valence-corrected chi connectivity index (χ2v) is 7.88. The van der Waals surface area contributed by atoms with Gasteiger partial charge in [-0.05, 0) is 33.2 Å². The summed E-state index contributed by atoms with van der Waals surface area (Å²) in [5.41, 5.74) is 5.41. The minimum absolute atomic E-state index is 0. The van der Waals surface area contributed by atoms with E-state index < -0.39 is 21.5 Å². The van der Waals surface area contributed by atoms with Crippen LogP contribution in [0.2, 0.25) is 0 Å². The van der Waals surface area contributed by atoms with Crippen molar-refractivity contribution in [2.45, 2.75) is 44.7 Å². The van der Waals surface area contributed by atoms with Gasteiger partial charge in [-0.2, -0.15) is 0 Å². The van der Waals surface area contributed by atoms with Crippen molar-refractivity contribution in [3.8, 4) is 0 Å². The van der Waals surface area contributed by atoms with Crippen LogP contribution in [0.4, 0.5) is 0 Å². The summed E-state index contributed by atoms with van der Waals surface area (Å²) in [6, 6.07) is 1.23. The first kappa shape index (κ1) is 21.9. The molecule has 0 aliphatic heterocycles. The van der Waals surface area contributed by atoms with Gasteiger partial charge in [0, 0.05) is 18.2 Å². The molecular weight excluding hydrogens is 342 g/mol. The molecule has 0 saturated heterocycles.